The Hall–Kier alpha value is -0.900. The minimum absolute atomic E-state index is 0.0492. The Bertz CT molecular complexity index is 573. The summed E-state index contributed by atoms with van der Waals surface area (Å²) in [6.45, 7) is 9.74. The highest BCUT2D eigenvalue weighted by molar-refractivity contribution is 9.09. The van der Waals surface area contributed by atoms with Crippen molar-refractivity contribution >= 4 is 21.9 Å². The second kappa shape index (κ2) is 5.38. The van der Waals surface area contributed by atoms with E-state index in [1.54, 1.807) is 6.07 Å². The number of hydrogen-bond donors (Lipinski definition) is 0. The van der Waals surface area contributed by atoms with Gasteiger partial charge in [-0.1, -0.05) is 29.8 Å². The standard InChI is InChI=1S/C17H22BrFO2/c1-16(2,3)21-15(20)14(18)12-9-11(19)8-10-6-7-17(4,5)13(10)12/h8-9,14H,6-7H2,1-5H3. The highest BCUT2D eigenvalue weighted by Crippen LogP contribution is 2.44. The molecule has 0 bridgehead atoms. The Morgan fingerprint density at radius 2 is 2.00 bits per heavy atom. The van der Waals surface area contributed by atoms with E-state index in [0.29, 0.717) is 5.56 Å². The van der Waals surface area contributed by atoms with Crippen LogP contribution in [0.2, 0.25) is 0 Å². The van der Waals surface area contributed by atoms with Crippen LogP contribution in [-0.2, 0) is 21.4 Å². The molecule has 1 aliphatic rings. The SMILES string of the molecule is CC(C)(C)OC(=O)C(Br)c1cc(F)cc2c1C(C)(C)CC2. The van der Waals surface area contributed by atoms with Gasteiger partial charge < -0.3 is 4.74 Å². The number of carbonyl (C=O) groups excluding carboxylic acids is 1. The van der Waals surface area contributed by atoms with Crippen LogP contribution in [0, 0.1) is 5.82 Å². The van der Waals surface area contributed by atoms with E-state index in [4.69, 9.17) is 4.74 Å². The molecule has 0 radical (unpaired) electrons. The fourth-order valence-electron chi connectivity index (χ4n) is 2.96. The summed E-state index contributed by atoms with van der Waals surface area (Å²) in [5.41, 5.74) is 2.17. The summed E-state index contributed by atoms with van der Waals surface area (Å²) in [6, 6.07) is 3.04. The summed E-state index contributed by atoms with van der Waals surface area (Å²) in [7, 11) is 0. The van der Waals surface area contributed by atoms with Crippen LogP contribution in [0.1, 0.15) is 62.6 Å². The zero-order chi connectivity index (χ0) is 16.0. The maximum Gasteiger partial charge on any atom is 0.324 e. The van der Waals surface area contributed by atoms with Crippen molar-refractivity contribution in [2.75, 3.05) is 0 Å². The second-order valence-electron chi connectivity index (χ2n) is 7.31. The molecule has 1 aromatic rings. The average Bonchev–Trinajstić information content (AvgIpc) is 2.61. The largest absolute Gasteiger partial charge is 0.459 e. The van der Waals surface area contributed by atoms with Crippen molar-refractivity contribution in [2.24, 2.45) is 0 Å². The molecular formula is C17H22BrFO2. The summed E-state index contributed by atoms with van der Waals surface area (Å²) < 4.78 is 19.3. The predicted molar refractivity (Wildman–Crippen MR) is 85.3 cm³/mol. The molecule has 21 heavy (non-hydrogen) atoms. The van der Waals surface area contributed by atoms with Gasteiger partial charge in [0.2, 0.25) is 0 Å². The number of halogens is 2. The number of fused-ring (bicyclic) bond motifs is 1. The molecule has 0 amide bonds. The number of alkyl halides is 1. The number of rotatable bonds is 2. The normalized spacial score (nSPS) is 18.2. The highest BCUT2D eigenvalue weighted by atomic mass is 79.9. The summed E-state index contributed by atoms with van der Waals surface area (Å²) >= 11 is 3.40. The first-order chi connectivity index (χ1) is 9.51. The van der Waals surface area contributed by atoms with E-state index in [1.807, 2.05) is 20.8 Å². The maximum absolute atomic E-state index is 13.9. The Kier molecular flexibility index (Phi) is 4.22. The molecule has 0 heterocycles. The van der Waals surface area contributed by atoms with Gasteiger partial charge >= 0.3 is 5.97 Å². The molecule has 1 aromatic carbocycles. The minimum Gasteiger partial charge on any atom is -0.459 e. The first-order valence-corrected chi connectivity index (χ1v) is 8.12. The van der Waals surface area contributed by atoms with Gasteiger partial charge in [-0.2, -0.15) is 0 Å². The fraction of sp³-hybridized carbons (Fsp3) is 0.588. The van der Waals surface area contributed by atoms with Crippen molar-refractivity contribution in [3.63, 3.8) is 0 Å². The van der Waals surface area contributed by atoms with E-state index in [2.05, 4.69) is 29.8 Å². The van der Waals surface area contributed by atoms with Crippen molar-refractivity contribution in [1.82, 2.24) is 0 Å². The van der Waals surface area contributed by atoms with Gasteiger partial charge in [0, 0.05) is 0 Å². The van der Waals surface area contributed by atoms with Crippen molar-refractivity contribution in [2.45, 2.75) is 63.3 Å². The van der Waals surface area contributed by atoms with Crippen LogP contribution in [0.15, 0.2) is 12.1 Å². The van der Waals surface area contributed by atoms with E-state index in [1.165, 1.54) is 6.07 Å². The summed E-state index contributed by atoms with van der Waals surface area (Å²) in [6.07, 6.45) is 1.81. The smallest absolute Gasteiger partial charge is 0.324 e. The van der Waals surface area contributed by atoms with E-state index in [-0.39, 0.29) is 17.2 Å². The quantitative estimate of drug-likeness (QED) is 0.560. The van der Waals surface area contributed by atoms with Gasteiger partial charge in [0.25, 0.3) is 0 Å². The van der Waals surface area contributed by atoms with E-state index < -0.39 is 10.4 Å². The van der Waals surface area contributed by atoms with E-state index >= 15 is 0 Å². The number of aryl methyl sites for hydroxylation is 1. The molecule has 2 nitrogen and oxygen atoms in total. The van der Waals surface area contributed by atoms with Gasteiger partial charge in [0.15, 0.2) is 0 Å². The van der Waals surface area contributed by atoms with Crippen molar-refractivity contribution in [3.05, 3.63) is 34.6 Å². The van der Waals surface area contributed by atoms with Crippen LogP contribution in [0.3, 0.4) is 0 Å². The van der Waals surface area contributed by atoms with Crippen molar-refractivity contribution in [3.8, 4) is 0 Å². The first kappa shape index (κ1) is 16.5. The van der Waals surface area contributed by atoms with Crippen molar-refractivity contribution < 1.29 is 13.9 Å². The lowest BCUT2D eigenvalue weighted by Gasteiger charge is -2.26. The molecule has 0 fully saturated rings. The van der Waals surface area contributed by atoms with E-state index in [0.717, 1.165) is 24.0 Å². The van der Waals surface area contributed by atoms with Crippen LogP contribution in [0.4, 0.5) is 4.39 Å². The summed E-state index contributed by atoms with van der Waals surface area (Å²) in [4.78, 5) is 11.6. The third-order valence-electron chi connectivity index (χ3n) is 3.80. The molecule has 4 heteroatoms. The van der Waals surface area contributed by atoms with Crippen LogP contribution in [0.5, 0.6) is 0 Å². The third-order valence-corrected chi connectivity index (χ3v) is 4.67. The van der Waals surface area contributed by atoms with Gasteiger partial charge in [0.1, 0.15) is 16.2 Å². The second-order valence-corrected chi connectivity index (χ2v) is 8.22. The maximum atomic E-state index is 13.9. The Balaban J connectivity index is 2.43. The first-order valence-electron chi connectivity index (χ1n) is 7.21. The molecule has 1 atom stereocenters. The highest BCUT2D eigenvalue weighted by Gasteiger charge is 2.36. The third kappa shape index (κ3) is 3.47. The molecule has 2 rings (SSSR count). The van der Waals surface area contributed by atoms with Crippen LogP contribution in [-0.4, -0.2) is 11.6 Å². The molecule has 0 N–H and O–H groups in total. The average molecular weight is 357 g/mol. The fourth-order valence-corrected chi connectivity index (χ4v) is 3.42. The number of hydrogen-bond acceptors (Lipinski definition) is 2. The Labute approximate surface area is 134 Å². The predicted octanol–water partition coefficient (Wildman–Crippen LogP) is 4.83. The number of carbonyl (C=O) groups is 1. The molecule has 1 unspecified atom stereocenters. The van der Waals surface area contributed by atoms with Gasteiger partial charge in [-0.15, -0.1) is 0 Å². The van der Waals surface area contributed by atoms with Crippen LogP contribution >= 0.6 is 15.9 Å². The summed E-state index contributed by atoms with van der Waals surface area (Å²) in [5, 5.41) is 0. The molecule has 0 saturated heterocycles. The lowest BCUT2D eigenvalue weighted by atomic mass is 9.82. The topological polar surface area (TPSA) is 26.3 Å². The van der Waals surface area contributed by atoms with Crippen molar-refractivity contribution in [1.29, 1.82) is 0 Å². The van der Waals surface area contributed by atoms with Gasteiger partial charge in [-0.25, -0.2) is 4.39 Å². The zero-order valence-corrected chi connectivity index (χ0v) is 14.8. The van der Waals surface area contributed by atoms with E-state index in [9.17, 15) is 9.18 Å². The van der Waals surface area contributed by atoms with Crippen LogP contribution in [0.25, 0.3) is 0 Å². The lowest BCUT2D eigenvalue weighted by molar-refractivity contribution is -0.154. The molecule has 1 aliphatic carbocycles. The molecule has 0 aromatic heterocycles. The Morgan fingerprint density at radius 1 is 1.38 bits per heavy atom. The monoisotopic (exact) mass is 356 g/mol. The number of benzene rings is 1. The van der Waals surface area contributed by atoms with Gasteiger partial charge in [-0.05, 0) is 67.9 Å². The number of esters is 1. The number of ether oxygens (including phenoxy) is 1. The molecular weight excluding hydrogens is 335 g/mol. The molecule has 116 valence electrons. The molecule has 0 saturated carbocycles. The molecule has 0 spiro atoms. The zero-order valence-electron chi connectivity index (χ0n) is 13.2. The van der Waals surface area contributed by atoms with Gasteiger partial charge in [0.05, 0.1) is 0 Å². The molecule has 0 aliphatic heterocycles. The minimum atomic E-state index is -0.640. The lowest BCUT2D eigenvalue weighted by Crippen LogP contribution is -2.27. The summed E-state index contributed by atoms with van der Waals surface area (Å²) in [5.74, 6) is -0.674. The van der Waals surface area contributed by atoms with Crippen LogP contribution < -0.4 is 0 Å². The Morgan fingerprint density at radius 3 is 2.57 bits per heavy atom. The van der Waals surface area contributed by atoms with Gasteiger partial charge in [-0.3, -0.25) is 4.79 Å².